The smallest absolute Gasteiger partial charge is 0.250 e. The number of aryl methyl sites for hydroxylation is 1. The zero-order valence-corrected chi connectivity index (χ0v) is 14.2. The normalized spacial score (nSPS) is 15.3. The number of hydrogen-bond acceptors (Lipinski definition) is 2. The quantitative estimate of drug-likeness (QED) is 0.838. The maximum absolute atomic E-state index is 13.3. The van der Waals surface area contributed by atoms with E-state index in [9.17, 15) is 14.0 Å². The summed E-state index contributed by atoms with van der Waals surface area (Å²) < 4.78 is 14.8. The zero-order valence-electron chi connectivity index (χ0n) is 14.2. The molecule has 0 unspecified atom stereocenters. The molecule has 0 N–H and O–H groups in total. The van der Waals surface area contributed by atoms with Gasteiger partial charge in [0.15, 0.2) is 0 Å². The van der Waals surface area contributed by atoms with Gasteiger partial charge in [-0.2, -0.15) is 0 Å². The third-order valence-electron chi connectivity index (χ3n) is 4.85. The summed E-state index contributed by atoms with van der Waals surface area (Å²) in [6.07, 6.45) is 4.79. The number of carbonyl (C=O) groups excluding carboxylic acids is 1. The van der Waals surface area contributed by atoms with Crippen molar-refractivity contribution in [1.29, 1.82) is 0 Å². The number of benzene rings is 1. The van der Waals surface area contributed by atoms with Crippen LogP contribution < -0.4 is 5.56 Å². The van der Waals surface area contributed by atoms with Crippen LogP contribution in [0.4, 0.5) is 4.39 Å². The van der Waals surface area contributed by atoms with E-state index in [1.165, 1.54) is 12.1 Å². The maximum Gasteiger partial charge on any atom is 0.250 e. The van der Waals surface area contributed by atoms with E-state index in [4.69, 9.17) is 0 Å². The van der Waals surface area contributed by atoms with Gasteiger partial charge in [0.2, 0.25) is 5.91 Å². The van der Waals surface area contributed by atoms with Crippen molar-refractivity contribution < 1.29 is 9.18 Å². The molecule has 0 spiro atoms. The first kappa shape index (κ1) is 17.4. The summed E-state index contributed by atoms with van der Waals surface area (Å²) in [4.78, 5) is 25.9. The Labute approximate surface area is 146 Å². The predicted octanol–water partition coefficient (Wildman–Crippen LogP) is 2.86. The van der Waals surface area contributed by atoms with Crippen LogP contribution in [0.5, 0.6) is 0 Å². The van der Waals surface area contributed by atoms with E-state index >= 15 is 0 Å². The summed E-state index contributed by atoms with van der Waals surface area (Å²) in [6, 6.07) is 11.8. The van der Waals surface area contributed by atoms with Gasteiger partial charge in [0.25, 0.3) is 5.56 Å². The molecule has 3 rings (SSSR count). The molecule has 1 saturated heterocycles. The van der Waals surface area contributed by atoms with E-state index in [-0.39, 0.29) is 17.3 Å². The Morgan fingerprint density at radius 1 is 1.12 bits per heavy atom. The number of piperidine rings is 1. The molecule has 25 heavy (non-hydrogen) atoms. The molecule has 0 atom stereocenters. The first-order chi connectivity index (χ1) is 12.1. The van der Waals surface area contributed by atoms with E-state index in [0.717, 1.165) is 37.9 Å². The van der Waals surface area contributed by atoms with Gasteiger partial charge >= 0.3 is 0 Å². The minimum atomic E-state index is -0.193. The summed E-state index contributed by atoms with van der Waals surface area (Å²) in [5.74, 6) is 0.392. The van der Waals surface area contributed by atoms with Crippen LogP contribution in [0.1, 0.15) is 24.8 Å². The summed E-state index contributed by atoms with van der Waals surface area (Å²) in [7, 11) is 0. The highest BCUT2D eigenvalue weighted by Crippen LogP contribution is 2.22. The minimum Gasteiger partial charge on any atom is -0.343 e. The van der Waals surface area contributed by atoms with Crippen molar-refractivity contribution in [2.75, 3.05) is 13.1 Å². The second kappa shape index (κ2) is 8.10. The lowest BCUT2D eigenvalue weighted by atomic mass is 9.90. The molecule has 4 nitrogen and oxygen atoms in total. The molecule has 1 aromatic carbocycles. The van der Waals surface area contributed by atoms with Crippen LogP contribution in [-0.4, -0.2) is 28.5 Å². The largest absolute Gasteiger partial charge is 0.343 e. The molecule has 5 heteroatoms. The van der Waals surface area contributed by atoms with Gasteiger partial charge in [0.05, 0.1) is 0 Å². The monoisotopic (exact) mass is 342 g/mol. The lowest BCUT2D eigenvalue weighted by Crippen LogP contribution is -2.39. The van der Waals surface area contributed by atoms with Gasteiger partial charge < -0.3 is 9.47 Å². The summed E-state index contributed by atoms with van der Waals surface area (Å²) in [5, 5.41) is 0. The Kier molecular flexibility index (Phi) is 5.64. The van der Waals surface area contributed by atoms with E-state index in [1.54, 1.807) is 35.0 Å². The van der Waals surface area contributed by atoms with Crippen molar-refractivity contribution >= 4 is 5.91 Å². The van der Waals surface area contributed by atoms with Crippen LogP contribution in [0.25, 0.3) is 0 Å². The zero-order chi connectivity index (χ0) is 17.6. The van der Waals surface area contributed by atoms with Crippen molar-refractivity contribution in [3.8, 4) is 0 Å². The number of carbonyl (C=O) groups is 1. The number of likely N-dealkylation sites (tertiary alicyclic amines) is 1. The van der Waals surface area contributed by atoms with Crippen molar-refractivity contribution in [2.45, 2.75) is 32.2 Å². The van der Waals surface area contributed by atoms with Gasteiger partial charge in [0.1, 0.15) is 5.82 Å². The Morgan fingerprint density at radius 3 is 2.64 bits per heavy atom. The molecule has 1 amide bonds. The molecule has 132 valence electrons. The van der Waals surface area contributed by atoms with E-state index in [0.29, 0.717) is 18.9 Å². The van der Waals surface area contributed by atoms with Crippen LogP contribution in [0.2, 0.25) is 0 Å². The fourth-order valence-electron chi connectivity index (χ4n) is 3.40. The standard InChI is InChI=1S/C20H23FN2O2/c21-18-5-3-4-17(15-18)14-16-7-11-23(12-8-16)20(25)9-13-22-10-2-1-6-19(22)24/h1-6,10,15-16H,7-9,11-14H2. The number of hydrogen-bond donors (Lipinski definition) is 0. The van der Waals surface area contributed by atoms with Crippen molar-refractivity contribution in [3.63, 3.8) is 0 Å². The van der Waals surface area contributed by atoms with Gasteiger partial charge in [-0.3, -0.25) is 9.59 Å². The van der Waals surface area contributed by atoms with Crippen molar-refractivity contribution in [2.24, 2.45) is 5.92 Å². The minimum absolute atomic E-state index is 0.0795. The second-order valence-corrected chi connectivity index (χ2v) is 6.64. The summed E-state index contributed by atoms with van der Waals surface area (Å²) in [5.41, 5.74) is 0.942. The van der Waals surface area contributed by atoms with Crippen LogP contribution in [-0.2, 0) is 17.8 Å². The number of pyridine rings is 1. The van der Waals surface area contributed by atoms with E-state index in [1.807, 2.05) is 11.0 Å². The fraction of sp³-hybridized carbons (Fsp3) is 0.400. The van der Waals surface area contributed by atoms with Gasteiger partial charge in [0, 0.05) is 38.3 Å². The maximum atomic E-state index is 13.3. The Hall–Kier alpha value is -2.43. The Morgan fingerprint density at radius 2 is 1.92 bits per heavy atom. The summed E-state index contributed by atoms with van der Waals surface area (Å²) in [6.45, 7) is 1.90. The van der Waals surface area contributed by atoms with Crippen LogP contribution in [0.3, 0.4) is 0 Å². The topological polar surface area (TPSA) is 42.3 Å². The average molecular weight is 342 g/mol. The van der Waals surface area contributed by atoms with Gasteiger partial charge in [-0.15, -0.1) is 0 Å². The molecule has 0 aliphatic carbocycles. The molecule has 2 heterocycles. The molecule has 0 saturated carbocycles. The average Bonchev–Trinajstić information content (AvgIpc) is 2.61. The number of amides is 1. The molecule has 1 aliphatic rings. The van der Waals surface area contributed by atoms with Gasteiger partial charge in [-0.05, 0) is 48.9 Å². The van der Waals surface area contributed by atoms with Gasteiger partial charge in [-0.25, -0.2) is 4.39 Å². The van der Waals surface area contributed by atoms with Crippen molar-refractivity contribution in [1.82, 2.24) is 9.47 Å². The Balaban J connectivity index is 1.46. The molecule has 1 fully saturated rings. The number of aromatic nitrogens is 1. The van der Waals surface area contributed by atoms with Crippen molar-refractivity contribution in [3.05, 3.63) is 70.4 Å². The molecular formula is C20H23FN2O2. The third kappa shape index (κ3) is 4.78. The highest BCUT2D eigenvalue weighted by molar-refractivity contribution is 5.76. The molecule has 2 aromatic rings. The third-order valence-corrected chi connectivity index (χ3v) is 4.85. The number of halogens is 1. The van der Waals surface area contributed by atoms with E-state index in [2.05, 4.69) is 0 Å². The van der Waals surface area contributed by atoms with Crippen LogP contribution in [0, 0.1) is 11.7 Å². The SMILES string of the molecule is O=C(CCn1ccccc1=O)N1CCC(Cc2cccc(F)c2)CC1. The summed E-state index contributed by atoms with van der Waals surface area (Å²) >= 11 is 0. The van der Waals surface area contributed by atoms with Crippen LogP contribution >= 0.6 is 0 Å². The molecule has 1 aliphatic heterocycles. The van der Waals surface area contributed by atoms with Gasteiger partial charge in [-0.1, -0.05) is 18.2 Å². The number of nitrogens with zero attached hydrogens (tertiary/aromatic N) is 2. The van der Waals surface area contributed by atoms with E-state index < -0.39 is 0 Å². The lowest BCUT2D eigenvalue weighted by Gasteiger charge is -2.32. The fourth-order valence-corrected chi connectivity index (χ4v) is 3.40. The highest BCUT2D eigenvalue weighted by atomic mass is 19.1. The highest BCUT2D eigenvalue weighted by Gasteiger charge is 2.22. The molecular weight excluding hydrogens is 319 g/mol. The first-order valence-electron chi connectivity index (χ1n) is 8.79. The second-order valence-electron chi connectivity index (χ2n) is 6.64. The molecule has 0 bridgehead atoms. The van der Waals surface area contributed by atoms with Crippen LogP contribution in [0.15, 0.2) is 53.5 Å². The predicted molar refractivity (Wildman–Crippen MR) is 94.7 cm³/mol. The number of rotatable bonds is 5. The lowest BCUT2D eigenvalue weighted by molar-refractivity contribution is -0.132. The Bertz CT molecular complexity index is 779. The molecule has 1 aromatic heterocycles. The molecule has 0 radical (unpaired) electrons. The first-order valence-corrected chi connectivity index (χ1v) is 8.79.